The molecule has 0 amide bonds. The Morgan fingerprint density at radius 2 is 2.20 bits per heavy atom. The van der Waals surface area contributed by atoms with Crippen LogP contribution in [0.1, 0.15) is 13.8 Å². The maximum absolute atomic E-state index is 10.7. The topological polar surface area (TPSA) is 49.3 Å². The molecular weight excluding hydrogens is 130 g/mol. The van der Waals surface area contributed by atoms with Gasteiger partial charge in [0.15, 0.2) is 5.78 Å². The van der Waals surface area contributed by atoms with Crippen LogP contribution in [0.25, 0.3) is 0 Å². The quantitative estimate of drug-likeness (QED) is 0.350. The molecule has 0 unspecified atom stereocenters. The molecule has 0 aromatic carbocycles. The van der Waals surface area contributed by atoms with E-state index in [4.69, 9.17) is 5.21 Å². The van der Waals surface area contributed by atoms with Crippen molar-refractivity contribution in [3.63, 3.8) is 0 Å². The number of ketones is 1. The first-order chi connectivity index (χ1) is 4.72. The van der Waals surface area contributed by atoms with Gasteiger partial charge >= 0.3 is 0 Å². The van der Waals surface area contributed by atoms with Crippen molar-refractivity contribution in [3.05, 3.63) is 23.9 Å². The summed E-state index contributed by atoms with van der Waals surface area (Å²) in [6.45, 7) is 3.23. The Hall–Kier alpha value is -1.09. The molecular formula is C7H11NO2. The first kappa shape index (κ1) is 8.91. The number of allylic oxidation sites excluding steroid dienone is 3. The Kier molecular flexibility index (Phi) is 4.24. The van der Waals surface area contributed by atoms with Crippen molar-refractivity contribution in [1.82, 2.24) is 5.48 Å². The maximum atomic E-state index is 10.7. The van der Waals surface area contributed by atoms with Crippen LogP contribution in [0.15, 0.2) is 23.9 Å². The van der Waals surface area contributed by atoms with Gasteiger partial charge < -0.3 is 0 Å². The van der Waals surface area contributed by atoms with Gasteiger partial charge in [0.05, 0.1) is 0 Å². The summed E-state index contributed by atoms with van der Waals surface area (Å²) in [4.78, 5) is 10.7. The van der Waals surface area contributed by atoms with Crippen LogP contribution in [-0.4, -0.2) is 11.0 Å². The number of carbonyl (C=O) groups is 1. The van der Waals surface area contributed by atoms with Crippen LogP contribution >= 0.6 is 0 Å². The largest absolute Gasteiger partial charge is 0.295 e. The summed E-state index contributed by atoms with van der Waals surface area (Å²) < 4.78 is 0. The van der Waals surface area contributed by atoms with Crippen LogP contribution in [0.3, 0.4) is 0 Å². The van der Waals surface area contributed by atoms with Crippen molar-refractivity contribution >= 4 is 5.78 Å². The van der Waals surface area contributed by atoms with Crippen LogP contribution in [-0.2, 0) is 4.79 Å². The van der Waals surface area contributed by atoms with E-state index in [9.17, 15) is 4.79 Å². The Morgan fingerprint density at radius 1 is 1.60 bits per heavy atom. The Labute approximate surface area is 60.0 Å². The number of hydrogen-bond acceptors (Lipinski definition) is 3. The summed E-state index contributed by atoms with van der Waals surface area (Å²) in [5.74, 6) is -0.0194. The van der Waals surface area contributed by atoms with Crippen molar-refractivity contribution in [2.45, 2.75) is 13.8 Å². The van der Waals surface area contributed by atoms with Gasteiger partial charge in [-0.1, -0.05) is 6.08 Å². The predicted molar refractivity (Wildman–Crippen MR) is 38.5 cm³/mol. The summed E-state index contributed by atoms with van der Waals surface area (Å²) in [5.41, 5.74) is 2.38. The molecule has 0 aliphatic heterocycles. The van der Waals surface area contributed by atoms with Crippen molar-refractivity contribution in [2.75, 3.05) is 0 Å². The number of hydroxylamine groups is 1. The molecule has 0 saturated heterocycles. The van der Waals surface area contributed by atoms with Gasteiger partial charge in [-0.2, -0.15) is 0 Å². The van der Waals surface area contributed by atoms with Gasteiger partial charge in [0.25, 0.3) is 0 Å². The summed E-state index contributed by atoms with van der Waals surface area (Å²) in [6, 6.07) is 0. The summed E-state index contributed by atoms with van der Waals surface area (Å²) >= 11 is 0. The zero-order chi connectivity index (χ0) is 7.98. The second-order valence-electron chi connectivity index (χ2n) is 1.76. The molecule has 2 N–H and O–H groups in total. The smallest absolute Gasteiger partial charge is 0.159 e. The first-order valence-electron chi connectivity index (χ1n) is 2.95. The Bertz CT molecular complexity index is 170. The highest BCUT2D eigenvalue weighted by Gasteiger charge is 1.94. The van der Waals surface area contributed by atoms with Crippen molar-refractivity contribution in [2.24, 2.45) is 0 Å². The molecule has 56 valence electrons. The van der Waals surface area contributed by atoms with Gasteiger partial charge in [-0.25, -0.2) is 0 Å². The third-order valence-corrected chi connectivity index (χ3v) is 1.05. The minimum Gasteiger partial charge on any atom is -0.295 e. The zero-order valence-corrected chi connectivity index (χ0v) is 6.09. The van der Waals surface area contributed by atoms with E-state index in [-0.39, 0.29) is 5.78 Å². The maximum Gasteiger partial charge on any atom is 0.159 e. The average molecular weight is 141 g/mol. The molecule has 0 heterocycles. The van der Waals surface area contributed by atoms with Crippen molar-refractivity contribution < 1.29 is 10.0 Å². The fourth-order valence-electron chi connectivity index (χ4n) is 0.544. The van der Waals surface area contributed by atoms with Gasteiger partial charge in [-0.15, -0.1) is 0 Å². The third-order valence-electron chi connectivity index (χ3n) is 1.05. The van der Waals surface area contributed by atoms with Gasteiger partial charge in [0.1, 0.15) is 0 Å². The number of carbonyl (C=O) groups excluding carboxylic acids is 1. The minimum atomic E-state index is -0.0194. The van der Waals surface area contributed by atoms with Crippen LogP contribution in [0.5, 0.6) is 0 Å². The SMILES string of the molecule is C/C=C(\C=C/NO)C(C)=O. The number of Topliss-reactive ketones (excluding diaryl/α,β-unsaturated/α-hetero) is 1. The monoisotopic (exact) mass is 141 g/mol. The van der Waals surface area contributed by atoms with E-state index >= 15 is 0 Å². The molecule has 3 nitrogen and oxygen atoms in total. The summed E-state index contributed by atoms with van der Waals surface area (Å²) in [5, 5.41) is 8.12. The van der Waals surface area contributed by atoms with E-state index in [0.717, 1.165) is 0 Å². The standard InChI is InChI=1S/C7H11NO2/c1-3-7(6(2)9)4-5-8-10/h3-5,8,10H,1-2H3/b5-4-,7-3+. The van der Waals surface area contributed by atoms with E-state index < -0.39 is 0 Å². The lowest BCUT2D eigenvalue weighted by Crippen LogP contribution is -1.97. The van der Waals surface area contributed by atoms with Gasteiger partial charge in [-0.05, 0) is 19.9 Å². The molecule has 3 heteroatoms. The Balaban J connectivity index is 4.12. The lowest BCUT2D eigenvalue weighted by molar-refractivity contribution is -0.113. The van der Waals surface area contributed by atoms with E-state index in [1.54, 1.807) is 13.0 Å². The molecule has 0 atom stereocenters. The van der Waals surface area contributed by atoms with Crippen LogP contribution in [0.4, 0.5) is 0 Å². The molecule has 0 rings (SSSR count). The molecule has 10 heavy (non-hydrogen) atoms. The first-order valence-corrected chi connectivity index (χ1v) is 2.95. The second-order valence-corrected chi connectivity index (χ2v) is 1.76. The normalized spacial score (nSPS) is 12.1. The highest BCUT2D eigenvalue weighted by molar-refractivity contribution is 5.95. The molecule has 0 bridgehead atoms. The minimum absolute atomic E-state index is 0.0194. The fourth-order valence-corrected chi connectivity index (χ4v) is 0.544. The van der Waals surface area contributed by atoms with Crippen LogP contribution in [0.2, 0.25) is 0 Å². The van der Waals surface area contributed by atoms with E-state index in [0.29, 0.717) is 5.57 Å². The molecule has 0 aliphatic rings. The molecule has 0 aliphatic carbocycles. The zero-order valence-electron chi connectivity index (χ0n) is 6.09. The third kappa shape index (κ3) is 3.04. The highest BCUT2D eigenvalue weighted by atomic mass is 16.5. The van der Waals surface area contributed by atoms with Crippen molar-refractivity contribution in [3.8, 4) is 0 Å². The second kappa shape index (κ2) is 4.76. The Morgan fingerprint density at radius 3 is 2.50 bits per heavy atom. The highest BCUT2D eigenvalue weighted by Crippen LogP contribution is 1.96. The molecule has 0 radical (unpaired) electrons. The van der Waals surface area contributed by atoms with Gasteiger partial charge in [-0.3, -0.25) is 15.5 Å². The van der Waals surface area contributed by atoms with Crippen molar-refractivity contribution in [1.29, 1.82) is 0 Å². The summed E-state index contributed by atoms with van der Waals surface area (Å²) in [6.07, 6.45) is 4.47. The lowest BCUT2D eigenvalue weighted by Gasteiger charge is -1.91. The number of nitrogens with one attached hydrogen (secondary N) is 1. The van der Waals surface area contributed by atoms with Gasteiger partial charge in [0.2, 0.25) is 0 Å². The van der Waals surface area contributed by atoms with Crippen LogP contribution < -0.4 is 5.48 Å². The molecule has 0 spiro atoms. The predicted octanol–water partition coefficient (Wildman–Crippen LogP) is 1.01. The number of hydrogen-bond donors (Lipinski definition) is 2. The number of rotatable bonds is 3. The molecule has 0 saturated carbocycles. The van der Waals surface area contributed by atoms with E-state index in [2.05, 4.69) is 0 Å². The molecule has 0 aromatic rings. The summed E-state index contributed by atoms with van der Waals surface area (Å²) in [7, 11) is 0. The van der Waals surface area contributed by atoms with Crippen LogP contribution in [0, 0.1) is 0 Å². The molecule has 0 aromatic heterocycles. The van der Waals surface area contributed by atoms with E-state index in [1.165, 1.54) is 19.2 Å². The lowest BCUT2D eigenvalue weighted by atomic mass is 10.2. The average Bonchev–Trinajstić information content (AvgIpc) is 1.89. The van der Waals surface area contributed by atoms with E-state index in [1.807, 2.05) is 5.48 Å². The molecule has 0 fully saturated rings. The fraction of sp³-hybridized carbons (Fsp3) is 0.286. The van der Waals surface area contributed by atoms with Gasteiger partial charge in [0, 0.05) is 11.8 Å².